The molecule has 0 saturated carbocycles. The van der Waals surface area contributed by atoms with E-state index in [-0.39, 0.29) is 16.4 Å². The molecular weight excluding hydrogens is 336 g/mol. The molecule has 0 spiro atoms. The van der Waals surface area contributed by atoms with Crippen LogP contribution in [0.4, 0.5) is 0 Å². The number of carbonyl (C=O) groups is 1. The minimum absolute atomic E-state index is 0.0592. The zero-order valence-electron chi connectivity index (χ0n) is 14.1. The van der Waals surface area contributed by atoms with Gasteiger partial charge in [-0.1, -0.05) is 60.7 Å². The number of rotatable bonds is 9. The number of carboxylic acid groups (broad SMARTS) is 1. The van der Waals surface area contributed by atoms with Crippen molar-refractivity contribution in [2.75, 3.05) is 0 Å². The van der Waals surface area contributed by atoms with Gasteiger partial charge in [0.2, 0.25) is 0 Å². The highest BCUT2D eigenvalue weighted by molar-refractivity contribution is 8.03. The summed E-state index contributed by atoms with van der Waals surface area (Å²) in [4.78, 5) is 11.3. The van der Waals surface area contributed by atoms with Gasteiger partial charge in [0.05, 0.1) is 6.42 Å². The number of hydrogen-bond donors (Lipinski definition) is 1. The standard InChI is InChI=1S/C20H24O2S2/c1-20(2,24-15-17-11-7-4-8-12-17)18(13-19(21)22)23-14-16-9-5-3-6-10-16/h3-12,18H,13-15H2,1-2H3,(H,21,22). The van der Waals surface area contributed by atoms with E-state index in [1.165, 1.54) is 11.1 Å². The van der Waals surface area contributed by atoms with Crippen LogP contribution in [0.15, 0.2) is 60.7 Å². The molecule has 0 radical (unpaired) electrons. The lowest BCUT2D eigenvalue weighted by Gasteiger charge is -2.33. The first-order valence-corrected chi connectivity index (χ1v) is 10.1. The van der Waals surface area contributed by atoms with Crippen LogP contribution >= 0.6 is 23.5 Å². The highest BCUT2D eigenvalue weighted by Gasteiger charge is 2.32. The van der Waals surface area contributed by atoms with E-state index in [2.05, 4.69) is 38.1 Å². The molecule has 1 N–H and O–H groups in total. The Morgan fingerprint density at radius 3 is 1.96 bits per heavy atom. The molecule has 0 saturated heterocycles. The first-order valence-electron chi connectivity index (χ1n) is 8.02. The molecule has 1 atom stereocenters. The van der Waals surface area contributed by atoms with E-state index >= 15 is 0 Å². The van der Waals surface area contributed by atoms with E-state index in [1.54, 1.807) is 11.8 Å². The largest absolute Gasteiger partial charge is 0.481 e. The van der Waals surface area contributed by atoms with Crippen molar-refractivity contribution >= 4 is 29.5 Å². The predicted molar refractivity (Wildman–Crippen MR) is 106 cm³/mol. The zero-order valence-corrected chi connectivity index (χ0v) is 15.8. The summed E-state index contributed by atoms with van der Waals surface area (Å²) in [6, 6.07) is 20.6. The number of aliphatic carboxylic acids is 1. The van der Waals surface area contributed by atoms with Crippen LogP contribution in [0.25, 0.3) is 0 Å². The molecule has 0 amide bonds. The lowest BCUT2D eigenvalue weighted by molar-refractivity contribution is -0.137. The quantitative estimate of drug-likeness (QED) is 0.643. The average molecular weight is 361 g/mol. The van der Waals surface area contributed by atoms with Gasteiger partial charge >= 0.3 is 5.97 Å². The van der Waals surface area contributed by atoms with Gasteiger partial charge in [0.15, 0.2) is 0 Å². The minimum Gasteiger partial charge on any atom is -0.481 e. The van der Waals surface area contributed by atoms with Crippen LogP contribution in [0.3, 0.4) is 0 Å². The molecule has 0 aliphatic carbocycles. The Bertz CT molecular complexity index is 627. The molecular formula is C20H24O2S2. The number of hydrogen-bond acceptors (Lipinski definition) is 3. The molecule has 0 aliphatic heterocycles. The van der Waals surface area contributed by atoms with Gasteiger partial charge in [0, 0.05) is 21.5 Å². The smallest absolute Gasteiger partial charge is 0.304 e. The third-order valence-corrected chi connectivity index (χ3v) is 7.20. The fourth-order valence-corrected chi connectivity index (χ4v) is 5.03. The van der Waals surface area contributed by atoms with Crippen molar-refractivity contribution in [2.24, 2.45) is 0 Å². The molecule has 0 aliphatic rings. The second kappa shape index (κ2) is 9.19. The van der Waals surface area contributed by atoms with Crippen LogP contribution in [0, 0.1) is 0 Å². The second-order valence-corrected chi connectivity index (χ2v) is 9.08. The monoisotopic (exact) mass is 360 g/mol. The first-order chi connectivity index (χ1) is 11.5. The molecule has 128 valence electrons. The summed E-state index contributed by atoms with van der Waals surface area (Å²) in [7, 11) is 0. The van der Waals surface area contributed by atoms with Gasteiger partial charge in [0.25, 0.3) is 0 Å². The Morgan fingerprint density at radius 2 is 1.46 bits per heavy atom. The van der Waals surface area contributed by atoms with Crippen LogP contribution in [0.5, 0.6) is 0 Å². The topological polar surface area (TPSA) is 37.3 Å². The maximum absolute atomic E-state index is 11.3. The normalized spacial score (nSPS) is 12.8. The highest BCUT2D eigenvalue weighted by Crippen LogP contribution is 2.40. The maximum atomic E-state index is 11.3. The van der Waals surface area contributed by atoms with Gasteiger partial charge in [-0.2, -0.15) is 11.8 Å². The SMILES string of the molecule is CC(C)(SCc1ccccc1)C(CC(=O)O)SCc1ccccc1. The first kappa shape index (κ1) is 18.9. The average Bonchev–Trinajstić information content (AvgIpc) is 2.58. The summed E-state index contributed by atoms with van der Waals surface area (Å²) in [6.07, 6.45) is 0.187. The van der Waals surface area contributed by atoms with E-state index in [4.69, 9.17) is 0 Å². The van der Waals surface area contributed by atoms with Crippen molar-refractivity contribution in [1.82, 2.24) is 0 Å². The molecule has 2 nitrogen and oxygen atoms in total. The molecule has 0 heterocycles. The molecule has 2 aromatic carbocycles. The second-order valence-electron chi connectivity index (χ2n) is 6.26. The van der Waals surface area contributed by atoms with Gasteiger partial charge in [-0.05, 0) is 25.0 Å². The van der Waals surface area contributed by atoms with E-state index in [1.807, 2.05) is 48.2 Å². The molecule has 2 aromatic rings. The maximum Gasteiger partial charge on any atom is 0.304 e. The van der Waals surface area contributed by atoms with Gasteiger partial charge in [-0.3, -0.25) is 4.79 Å². The van der Waals surface area contributed by atoms with Gasteiger partial charge < -0.3 is 5.11 Å². The predicted octanol–water partition coefficient (Wildman–Crippen LogP) is 5.48. The summed E-state index contributed by atoms with van der Waals surface area (Å²) >= 11 is 3.58. The van der Waals surface area contributed by atoms with E-state index < -0.39 is 5.97 Å². The summed E-state index contributed by atoms with van der Waals surface area (Å²) < 4.78 is -0.117. The van der Waals surface area contributed by atoms with Crippen molar-refractivity contribution in [2.45, 2.75) is 41.8 Å². The van der Waals surface area contributed by atoms with Crippen LogP contribution < -0.4 is 0 Å². The van der Waals surface area contributed by atoms with Crippen LogP contribution in [0.2, 0.25) is 0 Å². The van der Waals surface area contributed by atoms with Gasteiger partial charge in [-0.25, -0.2) is 0 Å². The summed E-state index contributed by atoms with van der Waals surface area (Å²) in [5, 5.41) is 9.37. The fraction of sp³-hybridized carbons (Fsp3) is 0.350. The van der Waals surface area contributed by atoms with Gasteiger partial charge in [-0.15, -0.1) is 11.8 Å². The Balaban J connectivity index is 1.99. The van der Waals surface area contributed by atoms with E-state index in [9.17, 15) is 9.90 Å². The minimum atomic E-state index is -0.728. The van der Waals surface area contributed by atoms with Crippen LogP contribution in [-0.4, -0.2) is 21.1 Å². The zero-order chi connectivity index (χ0) is 17.4. The van der Waals surface area contributed by atoms with Gasteiger partial charge in [0.1, 0.15) is 0 Å². The lowest BCUT2D eigenvalue weighted by atomic mass is 10.1. The molecule has 24 heavy (non-hydrogen) atoms. The van der Waals surface area contributed by atoms with Crippen LogP contribution in [0.1, 0.15) is 31.4 Å². The van der Waals surface area contributed by atoms with Crippen molar-refractivity contribution in [3.8, 4) is 0 Å². The number of benzene rings is 2. The molecule has 4 heteroatoms. The molecule has 0 bridgehead atoms. The summed E-state index contributed by atoms with van der Waals surface area (Å²) in [5.74, 6) is 1.01. The van der Waals surface area contributed by atoms with Crippen molar-refractivity contribution in [3.05, 3.63) is 71.8 Å². The Morgan fingerprint density at radius 1 is 0.958 bits per heavy atom. The molecule has 0 fully saturated rings. The lowest BCUT2D eigenvalue weighted by Crippen LogP contribution is -2.32. The third-order valence-electron chi connectivity index (χ3n) is 3.88. The third kappa shape index (κ3) is 6.25. The highest BCUT2D eigenvalue weighted by atomic mass is 32.2. The van der Waals surface area contributed by atoms with Crippen molar-refractivity contribution in [1.29, 1.82) is 0 Å². The van der Waals surface area contributed by atoms with Crippen molar-refractivity contribution in [3.63, 3.8) is 0 Å². The number of thioether (sulfide) groups is 2. The van der Waals surface area contributed by atoms with Crippen LogP contribution in [-0.2, 0) is 16.3 Å². The van der Waals surface area contributed by atoms with E-state index in [0.29, 0.717) is 0 Å². The molecule has 0 aromatic heterocycles. The summed E-state index contributed by atoms with van der Waals surface area (Å²) in [5.41, 5.74) is 2.51. The Kier molecular flexibility index (Phi) is 7.25. The number of carboxylic acids is 1. The fourth-order valence-electron chi connectivity index (χ4n) is 2.37. The van der Waals surface area contributed by atoms with Crippen molar-refractivity contribution < 1.29 is 9.90 Å². The Labute approximate surface area is 153 Å². The molecule has 2 rings (SSSR count). The Hall–Kier alpha value is -1.39. The van der Waals surface area contributed by atoms with E-state index in [0.717, 1.165) is 11.5 Å². The molecule has 1 unspecified atom stereocenters. The summed E-state index contributed by atoms with van der Waals surface area (Å²) in [6.45, 7) is 4.32.